The maximum Gasteiger partial charge on any atom is 0.276 e. The highest BCUT2D eigenvalue weighted by Gasteiger charge is 2.18. The Labute approximate surface area is 197 Å². The molecule has 1 aliphatic rings. The SMILES string of the molecule is CS(=O)(=O)c1ccc(NC(=O)c2n[nH]c3ccc(-c4cncc(CC5CCCC5)c4)cc23)cn1. The van der Waals surface area contributed by atoms with Gasteiger partial charge in [0, 0.05) is 29.6 Å². The average Bonchev–Trinajstić information content (AvgIpc) is 3.48. The Hall–Kier alpha value is -3.59. The van der Waals surface area contributed by atoms with Crippen LogP contribution in [0.5, 0.6) is 0 Å². The molecular weight excluding hydrogens is 450 g/mol. The van der Waals surface area contributed by atoms with Gasteiger partial charge >= 0.3 is 0 Å². The molecule has 174 valence electrons. The largest absolute Gasteiger partial charge is 0.319 e. The molecule has 1 amide bonds. The van der Waals surface area contributed by atoms with Crippen molar-refractivity contribution in [2.24, 2.45) is 5.92 Å². The fourth-order valence-corrected chi connectivity index (χ4v) is 5.09. The lowest BCUT2D eigenvalue weighted by Gasteiger charge is -2.10. The minimum absolute atomic E-state index is 0.0517. The van der Waals surface area contributed by atoms with E-state index in [0.29, 0.717) is 11.1 Å². The van der Waals surface area contributed by atoms with Crippen LogP contribution in [0.1, 0.15) is 41.7 Å². The molecule has 4 aromatic rings. The number of benzene rings is 1. The van der Waals surface area contributed by atoms with Crippen LogP contribution < -0.4 is 5.32 Å². The molecule has 0 spiro atoms. The number of carbonyl (C=O) groups is 1. The van der Waals surface area contributed by atoms with Crippen LogP contribution in [-0.4, -0.2) is 40.7 Å². The van der Waals surface area contributed by atoms with E-state index >= 15 is 0 Å². The van der Waals surface area contributed by atoms with Crippen LogP contribution in [0, 0.1) is 5.92 Å². The van der Waals surface area contributed by atoms with Crippen LogP contribution in [0.25, 0.3) is 22.0 Å². The highest BCUT2D eigenvalue weighted by molar-refractivity contribution is 7.90. The number of H-pyrrole nitrogens is 1. The van der Waals surface area contributed by atoms with Crippen molar-refractivity contribution in [1.29, 1.82) is 0 Å². The van der Waals surface area contributed by atoms with E-state index < -0.39 is 15.7 Å². The van der Waals surface area contributed by atoms with E-state index in [1.807, 2.05) is 30.6 Å². The summed E-state index contributed by atoms with van der Waals surface area (Å²) in [4.78, 5) is 21.3. The number of aromatic amines is 1. The Bertz CT molecular complexity index is 1460. The lowest BCUT2D eigenvalue weighted by atomic mass is 9.96. The lowest BCUT2D eigenvalue weighted by molar-refractivity contribution is 0.102. The smallest absolute Gasteiger partial charge is 0.276 e. The van der Waals surface area contributed by atoms with Crippen LogP contribution in [0.2, 0.25) is 0 Å². The lowest BCUT2D eigenvalue weighted by Crippen LogP contribution is -2.13. The zero-order chi connectivity index (χ0) is 23.7. The number of hydrogen-bond donors (Lipinski definition) is 2. The van der Waals surface area contributed by atoms with Gasteiger partial charge in [0.2, 0.25) is 0 Å². The Morgan fingerprint density at radius 1 is 1.06 bits per heavy atom. The number of amides is 1. The molecule has 1 fully saturated rings. The van der Waals surface area contributed by atoms with Gasteiger partial charge in [0.1, 0.15) is 0 Å². The molecule has 0 unspecified atom stereocenters. The molecule has 0 saturated heterocycles. The van der Waals surface area contributed by atoms with E-state index in [-0.39, 0.29) is 10.7 Å². The van der Waals surface area contributed by atoms with E-state index in [9.17, 15) is 13.2 Å². The normalized spacial score (nSPS) is 14.5. The number of hydrogen-bond acceptors (Lipinski definition) is 6. The number of anilines is 1. The maximum absolute atomic E-state index is 12.9. The van der Waals surface area contributed by atoms with Gasteiger partial charge in [-0.05, 0) is 53.8 Å². The number of aromatic nitrogens is 4. The molecule has 3 heterocycles. The molecule has 9 heteroatoms. The number of sulfone groups is 1. The Kier molecular flexibility index (Phi) is 5.87. The zero-order valence-electron chi connectivity index (χ0n) is 18.8. The Morgan fingerprint density at radius 3 is 2.62 bits per heavy atom. The third-order valence-electron chi connectivity index (χ3n) is 6.28. The monoisotopic (exact) mass is 475 g/mol. The van der Waals surface area contributed by atoms with Crippen LogP contribution >= 0.6 is 0 Å². The molecule has 0 radical (unpaired) electrons. The van der Waals surface area contributed by atoms with E-state index in [4.69, 9.17) is 0 Å². The Morgan fingerprint density at radius 2 is 1.88 bits per heavy atom. The highest BCUT2D eigenvalue weighted by Crippen LogP contribution is 2.30. The van der Waals surface area contributed by atoms with Gasteiger partial charge in [-0.3, -0.25) is 14.9 Å². The van der Waals surface area contributed by atoms with E-state index in [1.54, 1.807) is 0 Å². The van der Waals surface area contributed by atoms with Crippen LogP contribution in [0.3, 0.4) is 0 Å². The number of nitrogens with one attached hydrogen (secondary N) is 2. The molecule has 8 nitrogen and oxygen atoms in total. The minimum Gasteiger partial charge on any atom is -0.319 e. The molecule has 0 atom stereocenters. The molecule has 5 rings (SSSR count). The summed E-state index contributed by atoms with van der Waals surface area (Å²) in [5, 5.41) is 10.5. The van der Waals surface area contributed by atoms with Crippen LogP contribution in [0.4, 0.5) is 5.69 Å². The van der Waals surface area contributed by atoms with Crippen LogP contribution in [-0.2, 0) is 16.3 Å². The van der Waals surface area contributed by atoms with Crippen molar-refractivity contribution in [2.45, 2.75) is 37.1 Å². The second-order valence-corrected chi connectivity index (χ2v) is 10.8. The summed E-state index contributed by atoms with van der Waals surface area (Å²) < 4.78 is 23.2. The predicted octanol–water partition coefficient (Wildman–Crippen LogP) is 4.41. The van der Waals surface area contributed by atoms with Gasteiger partial charge in [-0.2, -0.15) is 5.10 Å². The standard InChI is InChI=1S/C25H25N5O3S/c1-34(32,33)23-9-7-20(15-27-23)28-25(31)24-21-12-18(6-8-22(21)29-30-24)19-11-17(13-26-14-19)10-16-4-2-3-5-16/h6-9,11-16H,2-5,10H2,1H3,(H,28,31)(H,29,30). The summed E-state index contributed by atoms with van der Waals surface area (Å²) in [7, 11) is -3.41. The van der Waals surface area contributed by atoms with Crippen LogP contribution in [0.15, 0.2) is 60.0 Å². The van der Waals surface area contributed by atoms with Gasteiger partial charge in [0.25, 0.3) is 5.91 Å². The van der Waals surface area contributed by atoms with Gasteiger partial charge in [-0.15, -0.1) is 0 Å². The molecule has 1 aromatic carbocycles. The molecule has 0 bridgehead atoms. The van der Waals surface area contributed by atoms with Gasteiger partial charge < -0.3 is 5.32 Å². The number of nitrogens with zero attached hydrogens (tertiary/aromatic N) is 3. The number of carbonyl (C=O) groups excluding carboxylic acids is 1. The maximum atomic E-state index is 12.9. The third kappa shape index (κ3) is 4.70. The summed E-state index contributed by atoms with van der Waals surface area (Å²) in [6.07, 6.45) is 12.4. The second-order valence-electron chi connectivity index (χ2n) is 8.88. The summed E-state index contributed by atoms with van der Waals surface area (Å²) in [5.74, 6) is 0.329. The molecule has 3 aromatic heterocycles. The first kappa shape index (κ1) is 22.2. The van der Waals surface area contributed by atoms with Crippen molar-refractivity contribution in [3.05, 3.63) is 66.2 Å². The molecule has 0 aliphatic heterocycles. The van der Waals surface area contributed by atoms with Crippen molar-refractivity contribution in [1.82, 2.24) is 20.2 Å². The highest BCUT2D eigenvalue weighted by atomic mass is 32.2. The summed E-state index contributed by atoms with van der Waals surface area (Å²) >= 11 is 0. The number of fused-ring (bicyclic) bond motifs is 1. The van der Waals surface area contributed by atoms with Crippen molar-refractivity contribution < 1.29 is 13.2 Å². The van der Waals surface area contributed by atoms with Gasteiger partial charge in [-0.1, -0.05) is 31.7 Å². The first-order valence-electron chi connectivity index (χ1n) is 11.3. The Balaban J connectivity index is 1.39. The first-order chi connectivity index (χ1) is 16.4. The predicted molar refractivity (Wildman–Crippen MR) is 130 cm³/mol. The topological polar surface area (TPSA) is 118 Å². The van der Waals surface area contributed by atoms with E-state index in [0.717, 1.165) is 35.2 Å². The van der Waals surface area contributed by atoms with E-state index in [1.165, 1.54) is 49.6 Å². The van der Waals surface area contributed by atoms with Crippen molar-refractivity contribution >= 4 is 32.3 Å². The summed E-state index contributed by atoms with van der Waals surface area (Å²) in [6, 6.07) is 10.9. The average molecular weight is 476 g/mol. The minimum atomic E-state index is -3.41. The quantitative estimate of drug-likeness (QED) is 0.427. The van der Waals surface area contributed by atoms with Gasteiger partial charge in [-0.25, -0.2) is 13.4 Å². The molecule has 1 aliphatic carbocycles. The van der Waals surface area contributed by atoms with Crippen molar-refractivity contribution in [2.75, 3.05) is 11.6 Å². The molecule has 2 N–H and O–H groups in total. The van der Waals surface area contributed by atoms with Gasteiger partial charge in [0.05, 0.1) is 17.4 Å². The number of rotatable bonds is 6. The molecule has 1 saturated carbocycles. The fraction of sp³-hybridized carbons (Fsp3) is 0.280. The molecule has 34 heavy (non-hydrogen) atoms. The molecular formula is C25H25N5O3S. The first-order valence-corrected chi connectivity index (χ1v) is 13.2. The van der Waals surface area contributed by atoms with Gasteiger partial charge in [0.15, 0.2) is 20.6 Å². The fourth-order valence-electron chi connectivity index (χ4n) is 4.54. The second kappa shape index (κ2) is 8.98. The van der Waals surface area contributed by atoms with Crippen molar-refractivity contribution in [3.63, 3.8) is 0 Å². The zero-order valence-corrected chi connectivity index (χ0v) is 19.6. The van der Waals surface area contributed by atoms with E-state index in [2.05, 4.69) is 31.5 Å². The summed E-state index contributed by atoms with van der Waals surface area (Å²) in [6.45, 7) is 0. The van der Waals surface area contributed by atoms with Crippen molar-refractivity contribution in [3.8, 4) is 11.1 Å². The third-order valence-corrected chi connectivity index (χ3v) is 7.28. The number of pyridine rings is 2. The summed E-state index contributed by atoms with van der Waals surface area (Å²) in [5.41, 5.74) is 4.58.